The Hall–Kier alpha value is -0.290. The predicted octanol–water partition coefficient (Wildman–Crippen LogP) is 2.47. The fourth-order valence-corrected chi connectivity index (χ4v) is 1.25. The lowest BCUT2D eigenvalue weighted by Crippen LogP contribution is -2.29. The molecule has 0 aromatic heterocycles. The van der Waals surface area contributed by atoms with Gasteiger partial charge in [-0.2, -0.15) is 0 Å². The van der Waals surface area contributed by atoms with Crippen molar-refractivity contribution < 1.29 is 5.11 Å². The van der Waals surface area contributed by atoms with Gasteiger partial charge in [-0.1, -0.05) is 0 Å². The molecule has 1 rings (SSSR count). The van der Waals surface area contributed by atoms with E-state index in [-0.39, 0.29) is 0 Å². The van der Waals surface area contributed by atoms with Crippen LogP contribution in [0.5, 0.6) is 0 Å². The van der Waals surface area contributed by atoms with Crippen molar-refractivity contribution in [3.63, 3.8) is 0 Å². The molecule has 0 spiro atoms. The molecule has 0 fully saturated rings. The smallest absolute Gasteiger partial charge is 0.0763 e. The van der Waals surface area contributed by atoms with E-state index in [0.717, 1.165) is 5.69 Å². The first kappa shape index (κ1) is 10.8. The van der Waals surface area contributed by atoms with Gasteiger partial charge in [-0.15, -0.1) is 0 Å². The lowest BCUT2D eigenvalue weighted by atomic mass is 10.1. The van der Waals surface area contributed by atoms with Crippen molar-refractivity contribution in [3.05, 3.63) is 27.8 Å². The van der Waals surface area contributed by atoms with Crippen LogP contribution in [0.3, 0.4) is 0 Å². The van der Waals surface area contributed by atoms with Crippen LogP contribution in [-0.2, 0) is 0 Å². The Balaban J connectivity index is 2.51. The Labute approximate surface area is 92.5 Å². The molecule has 0 aliphatic heterocycles. The van der Waals surface area contributed by atoms with Crippen LogP contribution in [0.25, 0.3) is 0 Å². The number of hydrogen-bond donors (Lipinski definition) is 2. The van der Waals surface area contributed by atoms with Gasteiger partial charge in [0.25, 0.3) is 0 Å². The highest BCUT2D eigenvalue weighted by Gasteiger charge is 2.10. The number of rotatable bonds is 3. The maximum Gasteiger partial charge on any atom is 0.0763 e. The molecule has 0 bridgehead atoms. The van der Waals surface area contributed by atoms with Gasteiger partial charge in [-0.3, -0.25) is 0 Å². The van der Waals surface area contributed by atoms with Crippen molar-refractivity contribution in [3.8, 4) is 0 Å². The fraction of sp³-hybridized carbons (Fsp3) is 0.400. The van der Waals surface area contributed by atoms with E-state index in [1.807, 2.05) is 24.3 Å². The predicted molar refractivity (Wildman–Crippen MR) is 63.9 cm³/mol. The Kier molecular flexibility index (Phi) is 3.55. The Morgan fingerprint density at radius 1 is 1.31 bits per heavy atom. The van der Waals surface area contributed by atoms with Gasteiger partial charge in [-0.25, -0.2) is 0 Å². The summed E-state index contributed by atoms with van der Waals surface area (Å²) >= 11 is 2.26. The monoisotopic (exact) mass is 291 g/mol. The molecule has 0 aliphatic rings. The largest absolute Gasteiger partial charge is 0.389 e. The molecule has 2 N–H and O–H groups in total. The summed E-state index contributed by atoms with van der Waals surface area (Å²) in [6.07, 6.45) is 0. The lowest BCUT2D eigenvalue weighted by molar-refractivity contribution is 0.0945. The van der Waals surface area contributed by atoms with Crippen molar-refractivity contribution in [2.45, 2.75) is 19.4 Å². The molecule has 0 amide bonds. The van der Waals surface area contributed by atoms with Crippen molar-refractivity contribution in [1.82, 2.24) is 0 Å². The highest BCUT2D eigenvalue weighted by molar-refractivity contribution is 14.1. The van der Waals surface area contributed by atoms with Crippen LogP contribution in [0.15, 0.2) is 24.3 Å². The van der Waals surface area contributed by atoms with Crippen LogP contribution in [0.4, 0.5) is 5.69 Å². The molecule has 1 aromatic rings. The second-order valence-electron chi connectivity index (χ2n) is 3.67. The standard InChI is InChI=1S/C10H14INO/c1-10(2,13)7-12-9-5-3-8(11)4-6-9/h3-6,12-13H,7H2,1-2H3. The normalized spacial score (nSPS) is 11.4. The van der Waals surface area contributed by atoms with E-state index in [4.69, 9.17) is 0 Å². The number of aliphatic hydroxyl groups is 1. The van der Waals surface area contributed by atoms with Crippen molar-refractivity contribution in [2.75, 3.05) is 11.9 Å². The zero-order valence-electron chi connectivity index (χ0n) is 7.84. The topological polar surface area (TPSA) is 32.3 Å². The second kappa shape index (κ2) is 4.28. The Morgan fingerprint density at radius 3 is 2.31 bits per heavy atom. The van der Waals surface area contributed by atoms with Crippen LogP contribution >= 0.6 is 22.6 Å². The number of hydrogen-bond acceptors (Lipinski definition) is 2. The third-order valence-corrected chi connectivity index (χ3v) is 2.29. The van der Waals surface area contributed by atoms with Crippen LogP contribution in [0, 0.1) is 3.57 Å². The van der Waals surface area contributed by atoms with Gasteiger partial charge in [-0.05, 0) is 60.7 Å². The van der Waals surface area contributed by atoms with E-state index < -0.39 is 5.60 Å². The second-order valence-corrected chi connectivity index (χ2v) is 4.92. The van der Waals surface area contributed by atoms with Gasteiger partial charge in [0.2, 0.25) is 0 Å². The zero-order chi connectivity index (χ0) is 9.90. The molecular weight excluding hydrogens is 277 g/mol. The molecule has 0 heterocycles. The molecule has 13 heavy (non-hydrogen) atoms. The first-order valence-electron chi connectivity index (χ1n) is 4.19. The summed E-state index contributed by atoms with van der Waals surface area (Å²) in [7, 11) is 0. The molecule has 0 radical (unpaired) electrons. The van der Waals surface area contributed by atoms with Crippen LogP contribution < -0.4 is 5.32 Å². The van der Waals surface area contributed by atoms with E-state index in [0.29, 0.717) is 6.54 Å². The van der Waals surface area contributed by atoms with Gasteiger partial charge in [0, 0.05) is 15.8 Å². The summed E-state index contributed by atoms with van der Waals surface area (Å²) in [5, 5.41) is 12.6. The molecule has 0 atom stereocenters. The molecule has 1 aromatic carbocycles. The van der Waals surface area contributed by atoms with Gasteiger partial charge >= 0.3 is 0 Å². The van der Waals surface area contributed by atoms with E-state index in [2.05, 4.69) is 27.9 Å². The molecule has 3 heteroatoms. The molecule has 72 valence electrons. The van der Waals surface area contributed by atoms with Gasteiger partial charge in [0.05, 0.1) is 5.60 Å². The highest BCUT2D eigenvalue weighted by atomic mass is 127. The van der Waals surface area contributed by atoms with Gasteiger partial charge in [0.15, 0.2) is 0 Å². The first-order valence-corrected chi connectivity index (χ1v) is 5.27. The third-order valence-electron chi connectivity index (χ3n) is 1.57. The summed E-state index contributed by atoms with van der Waals surface area (Å²) in [6, 6.07) is 8.08. The average molecular weight is 291 g/mol. The van der Waals surface area contributed by atoms with Crippen LogP contribution in [0.1, 0.15) is 13.8 Å². The number of anilines is 1. The van der Waals surface area contributed by atoms with E-state index in [1.54, 1.807) is 13.8 Å². The van der Waals surface area contributed by atoms with Crippen molar-refractivity contribution >= 4 is 28.3 Å². The number of halogens is 1. The maximum atomic E-state index is 9.47. The minimum Gasteiger partial charge on any atom is -0.389 e. The summed E-state index contributed by atoms with van der Waals surface area (Å²) in [5.74, 6) is 0. The summed E-state index contributed by atoms with van der Waals surface area (Å²) < 4.78 is 1.21. The quantitative estimate of drug-likeness (QED) is 0.839. The van der Waals surface area contributed by atoms with E-state index in [1.165, 1.54) is 3.57 Å². The molecular formula is C10H14INO. The SMILES string of the molecule is CC(C)(O)CNc1ccc(I)cc1. The fourth-order valence-electron chi connectivity index (χ4n) is 0.886. The first-order chi connectivity index (χ1) is 5.97. The minimum atomic E-state index is -0.664. The molecule has 0 saturated heterocycles. The van der Waals surface area contributed by atoms with E-state index in [9.17, 15) is 5.11 Å². The third kappa shape index (κ3) is 4.47. The molecule has 2 nitrogen and oxygen atoms in total. The summed E-state index contributed by atoms with van der Waals surface area (Å²) in [4.78, 5) is 0. The average Bonchev–Trinajstić information content (AvgIpc) is 2.02. The number of nitrogens with one attached hydrogen (secondary N) is 1. The number of benzene rings is 1. The van der Waals surface area contributed by atoms with Crippen molar-refractivity contribution in [1.29, 1.82) is 0 Å². The Morgan fingerprint density at radius 2 is 1.85 bits per heavy atom. The minimum absolute atomic E-state index is 0.563. The van der Waals surface area contributed by atoms with Crippen molar-refractivity contribution in [2.24, 2.45) is 0 Å². The summed E-state index contributed by atoms with van der Waals surface area (Å²) in [6.45, 7) is 4.13. The van der Waals surface area contributed by atoms with Crippen LogP contribution in [-0.4, -0.2) is 17.3 Å². The lowest BCUT2D eigenvalue weighted by Gasteiger charge is -2.18. The molecule has 0 saturated carbocycles. The molecule has 0 aliphatic carbocycles. The van der Waals surface area contributed by atoms with Gasteiger partial charge < -0.3 is 10.4 Å². The zero-order valence-corrected chi connectivity index (χ0v) is 10.00. The van der Waals surface area contributed by atoms with Crippen LogP contribution in [0.2, 0.25) is 0 Å². The van der Waals surface area contributed by atoms with Gasteiger partial charge in [0.1, 0.15) is 0 Å². The van der Waals surface area contributed by atoms with E-state index >= 15 is 0 Å². The summed E-state index contributed by atoms with van der Waals surface area (Å²) in [5.41, 5.74) is 0.380. The maximum absolute atomic E-state index is 9.47. The Bertz CT molecular complexity index is 263. The highest BCUT2D eigenvalue weighted by Crippen LogP contribution is 2.12. The molecule has 0 unspecified atom stereocenters.